The van der Waals surface area contributed by atoms with E-state index in [1.54, 1.807) is 26.8 Å². The summed E-state index contributed by atoms with van der Waals surface area (Å²) in [6.45, 7) is 5.36. The van der Waals surface area contributed by atoms with Gasteiger partial charge in [-0.05, 0) is 38.0 Å². The van der Waals surface area contributed by atoms with E-state index in [4.69, 9.17) is 9.47 Å². The van der Waals surface area contributed by atoms with Crippen LogP contribution in [0, 0.1) is 0 Å². The molecular weight excluding hydrogens is 396 g/mol. The van der Waals surface area contributed by atoms with Gasteiger partial charge in [0, 0.05) is 13.0 Å². The summed E-state index contributed by atoms with van der Waals surface area (Å²) in [5.74, 6) is -0.861. The zero-order valence-electron chi connectivity index (χ0n) is 18.3. The largest absolute Gasteiger partial charge is 0.468 e. The molecule has 0 unspecified atom stereocenters. The maximum Gasteiger partial charge on any atom is 0.415 e. The van der Waals surface area contributed by atoms with E-state index in [9.17, 15) is 14.4 Å². The van der Waals surface area contributed by atoms with Crippen LogP contribution in [0.5, 0.6) is 0 Å². The molecule has 1 atom stereocenters. The fraction of sp³-hybridized carbons (Fsp3) is 0.375. The minimum atomic E-state index is -0.805. The van der Waals surface area contributed by atoms with Crippen molar-refractivity contribution in [3.05, 3.63) is 65.7 Å². The molecule has 0 saturated carbocycles. The maximum absolute atomic E-state index is 13.6. The molecule has 0 aliphatic carbocycles. The van der Waals surface area contributed by atoms with E-state index in [1.807, 2.05) is 48.5 Å². The first-order valence-corrected chi connectivity index (χ1v) is 10.2. The molecule has 1 heterocycles. The molecule has 3 rings (SSSR count). The number of carbonyl (C=O) groups excluding carboxylic acids is 3. The lowest BCUT2D eigenvalue weighted by Gasteiger charge is -2.31. The van der Waals surface area contributed by atoms with Crippen molar-refractivity contribution in [1.29, 1.82) is 0 Å². The number of rotatable bonds is 5. The number of anilines is 1. The van der Waals surface area contributed by atoms with Crippen molar-refractivity contribution >= 4 is 23.7 Å². The van der Waals surface area contributed by atoms with Gasteiger partial charge in [-0.25, -0.2) is 4.79 Å². The van der Waals surface area contributed by atoms with Crippen LogP contribution in [0.4, 0.5) is 10.5 Å². The van der Waals surface area contributed by atoms with Crippen LogP contribution in [0.3, 0.4) is 0 Å². The molecule has 31 heavy (non-hydrogen) atoms. The maximum atomic E-state index is 13.6. The molecule has 7 nitrogen and oxygen atoms in total. The van der Waals surface area contributed by atoms with E-state index in [-0.39, 0.29) is 19.0 Å². The number of nitrogens with zero attached hydrogens (tertiary/aromatic N) is 2. The Bertz CT molecular complexity index is 952. The van der Waals surface area contributed by atoms with Gasteiger partial charge in [0.15, 0.2) is 0 Å². The smallest absolute Gasteiger partial charge is 0.415 e. The molecule has 0 saturated heterocycles. The topological polar surface area (TPSA) is 76.2 Å². The summed E-state index contributed by atoms with van der Waals surface area (Å²) in [5, 5.41) is 0. The van der Waals surface area contributed by atoms with E-state index >= 15 is 0 Å². The highest BCUT2D eigenvalue weighted by Crippen LogP contribution is 2.34. The predicted octanol–water partition coefficient (Wildman–Crippen LogP) is 3.55. The van der Waals surface area contributed by atoms with Gasteiger partial charge in [0.1, 0.15) is 18.2 Å². The molecular formula is C24H28N2O5. The number of carbonyl (C=O) groups is 3. The normalized spacial score (nSPS) is 15.2. The van der Waals surface area contributed by atoms with Gasteiger partial charge in [-0.2, -0.15) is 0 Å². The van der Waals surface area contributed by atoms with Crippen LogP contribution in [-0.4, -0.2) is 48.2 Å². The van der Waals surface area contributed by atoms with Crippen LogP contribution in [0.1, 0.15) is 31.9 Å². The van der Waals surface area contributed by atoms with E-state index < -0.39 is 23.7 Å². The zero-order chi connectivity index (χ0) is 22.6. The Balaban J connectivity index is 1.92. The van der Waals surface area contributed by atoms with Crippen LogP contribution in [-0.2, 0) is 32.0 Å². The Labute approximate surface area is 182 Å². The number of amides is 2. The number of fused-ring (bicyclic) bond motifs is 1. The van der Waals surface area contributed by atoms with Crippen LogP contribution < -0.4 is 4.90 Å². The summed E-state index contributed by atoms with van der Waals surface area (Å²) in [5.41, 5.74) is 1.69. The third-order valence-corrected chi connectivity index (χ3v) is 4.93. The Morgan fingerprint density at radius 3 is 2.32 bits per heavy atom. The average Bonchev–Trinajstić information content (AvgIpc) is 3.12. The number of methoxy groups -OCH3 is 1. The summed E-state index contributed by atoms with van der Waals surface area (Å²) in [6.07, 6.45) is -0.241. The molecule has 2 amide bonds. The highest BCUT2D eigenvalue weighted by molar-refractivity contribution is 6.01. The van der Waals surface area contributed by atoms with Crippen LogP contribution in [0.25, 0.3) is 0 Å². The van der Waals surface area contributed by atoms with E-state index in [0.29, 0.717) is 12.1 Å². The molecule has 0 aromatic heterocycles. The molecule has 2 aromatic carbocycles. The Morgan fingerprint density at radius 2 is 1.68 bits per heavy atom. The lowest BCUT2D eigenvalue weighted by Crippen LogP contribution is -2.51. The summed E-state index contributed by atoms with van der Waals surface area (Å²) in [4.78, 5) is 41.5. The number of para-hydroxylation sites is 1. The molecule has 0 bridgehead atoms. The summed E-state index contributed by atoms with van der Waals surface area (Å²) >= 11 is 0. The number of ether oxygens (including phenoxy) is 2. The fourth-order valence-corrected chi connectivity index (χ4v) is 3.57. The standard InChI is InChI=1S/C24H28N2O5/c1-24(2,3)31-23(29)26-19-13-9-8-12-18(19)14-20(26)22(28)25(16-21(27)30-4)15-17-10-6-5-7-11-17/h5-13,20H,14-16H2,1-4H3/t20-/m1/s1. The van der Waals surface area contributed by atoms with Crippen LogP contribution in [0.15, 0.2) is 54.6 Å². The highest BCUT2D eigenvalue weighted by atomic mass is 16.6. The SMILES string of the molecule is COC(=O)CN(Cc1ccccc1)C(=O)[C@H]1Cc2ccccc2N1C(=O)OC(C)(C)C. The van der Waals surface area contributed by atoms with Crippen molar-refractivity contribution in [2.75, 3.05) is 18.6 Å². The van der Waals surface area contributed by atoms with Crippen molar-refractivity contribution in [2.45, 2.75) is 45.4 Å². The van der Waals surface area contributed by atoms with Gasteiger partial charge < -0.3 is 14.4 Å². The predicted molar refractivity (Wildman–Crippen MR) is 117 cm³/mol. The molecule has 1 aliphatic rings. The molecule has 164 valence electrons. The van der Waals surface area contributed by atoms with E-state index in [2.05, 4.69) is 0 Å². The van der Waals surface area contributed by atoms with Gasteiger partial charge in [0.25, 0.3) is 0 Å². The first-order chi connectivity index (χ1) is 14.7. The first kappa shape index (κ1) is 22.3. The van der Waals surface area contributed by atoms with Crippen LogP contribution in [0.2, 0.25) is 0 Å². The minimum absolute atomic E-state index is 0.209. The van der Waals surface area contributed by atoms with E-state index in [1.165, 1.54) is 16.9 Å². The summed E-state index contributed by atoms with van der Waals surface area (Å²) in [7, 11) is 1.28. The summed E-state index contributed by atoms with van der Waals surface area (Å²) in [6, 6.07) is 16.0. The Hall–Kier alpha value is -3.35. The van der Waals surface area contributed by atoms with E-state index in [0.717, 1.165) is 11.1 Å². The molecule has 1 aliphatic heterocycles. The number of hydrogen-bond donors (Lipinski definition) is 0. The second-order valence-electron chi connectivity index (χ2n) is 8.46. The first-order valence-electron chi connectivity index (χ1n) is 10.2. The van der Waals surface area contributed by atoms with Gasteiger partial charge in [-0.1, -0.05) is 48.5 Å². The fourth-order valence-electron chi connectivity index (χ4n) is 3.57. The van der Waals surface area contributed by atoms with Crippen molar-refractivity contribution in [1.82, 2.24) is 4.90 Å². The van der Waals surface area contributed by atoms with Gasteiger partial charge in [-0.3, -0.25) is 14.5 Å². The van der Waals surface area contributed by atoms with Gasteiger partial charge >= 0.3 is 12.1 Å². The molecule has 0 fully saturated rings. The van der Waals surface area contributed by atoms with Crippen molar-refractivity contribution in [2.24, 2.45) is 0 Å². The Morgan fingerprint density at radius 1 is 1.03 bits per heavy atom. The average molecular weight is 424 g/mol. The second-order valence-corrected chi connectivity index (χ2v) is 8.46. The van der Waals surface area contributed by atoms with Gasteiger partial charge in [-0.15, -0.1) is 0 Å². The van der Waals surface area contributed by atoms with Crippen LogP contribution >= 0.6 is 0 Å². The third-order valence-electron chi connectivity index (χ3n) is 4.93. The monoisotopic (exact) mass is 424 g/mol. The van der Waals surface area contributed by atoms with Gasteiger partial charge in [0.05, 0.1) is 12.8 Å². The Kier molecular flexibility index (Phi) is 6.63. The molecule has 2 aromatic rings. The van der Waals surface area contributed by atoms with Crippen molar-refractivity contribution in [3.63, 3.8) is 0 Å². The number of hydrogen-bond acceptors (Lipinski definition) is 5. The summed E-state index contributed by atoms with van der Waals surface area (Å²) < 4.78 is 10.4. The number of benzene rings is 2. The molecule has 0 spiro atoms. The van der Waals surface area contributed by atoms with Crippen molar-refractivity contribution in [3.8, 4) is 0 Å². The second kappa shape index (κ2) is 9.20. The third kappa shape index (κ3) is 5.42. The highest BCUT2D eigenvalue weighted by Gasteiger charge is 2.42. The molecule has 7 heteroatoms. The quantitative estimate of drug-likeness (QED) is 0.686. The lowest BCUT2D eigenvalue weighted by atomic mass is 10.1. The van der Waals surface area contributed by atoms with Crippen molar-refractivity contribution < 1.29 is 23.9 Å². The lowest BCUT2D eigenvalue weighted by molar-refractivity contribution is -0.147. The molecule has 0 radical (unpaired) electrons. The number of esters is 1. The molecule has 0 N–H and O–H groups in total. The minimum Gasteiger partial charge on any atom is -0.468 e. The zero-order valence-corrected chi connectivity index (χ0v) is 18.3. The van der Waals surface area contributed by atoms with Gasteiger partial charge in [0.2, 0.25) is 5.91 Å².